The lowest BCUT2D eigenvalue weighted by molar-refractivity contribution is 0.398. The quantitative estimate of drug-likeness (QED) is 0.813. The van der Waals surface area contributed by atoms with Crippen molar-refractivity contribution in [1.82, 2.24) is 4.98 Å². The monoisotopic (exact) mass is 234 g/mol. The third kappa shape index (κ3) is 3.62. The number of methoxy groups -OCH3 is 1. The van der Waals surface area contributed by atoms with Crippen LogP contribution in [0.1, 0.15) is 39.0 Å². The summed E-state index contributed by atoms with van der Waals surface area (Å²) in [7, 11) is 1.64. The van der Waals surface area contributed by atoms with Crippen molar-refractivity contribution in [2.75, 3.05) is 12.4 Å². The molecule has 0 saturated heterocycles. The predicted octanol–water partition coefficient (Wildman–Crippen LogP) is 3.47. The molecule has 1 aliphatic rings. The highest BCUT2D eigenvalue weighted by Gasteiger charge is 2.15. The van der Waals surface area contributed by atoms with Gasteiger partial charge in [0.05, 0.1) is 19.0 Å². The fraction of sp³-hybridized carbons (Fsp3) is 0.643. The van der Waals surface area contributed by atoms with Crippen molar-refractivity contribution in [1.29, 1.82) is 0 Å². The Labute approximate surface area is 104 Å². The molecule has 17 heavy (non-hydrogen) atoms. The first kappa shape index (κ1) is 12.2. The van der Waals surface area contributed by atoms with Crippen molar-refractivity contribution in [3.63, 3.8) is 0 Å². The Hall–Kier alpha value is -1.25. The fourth-order valence-electron chi connectivity index (χ4n) is 2.45. The lowest BCUT2D eigenvalue weighted by Crippen LogP contribution is -2.18. The van der Waals surface area contributed by atoms with Gasteiger partial charge in [-0.1, -0.05) is 19.8 Å². The molecule has 3 heteroatoms. The van der Waals surface area contributed by atoms with Gasteiger partial charge in [-0.2, -0.15) is 0 Å². The highest BCUT2D eigenvalue weighted by molar-refractivity contribution is 5.42. The molecule has 2 atom stereocenters. The van der Waals surface area contributed by atoms with Gasteiger partial charge in [0.25, 0.3) is 0 Å². The van der Waals surface area contributed by atoms with Crippen LogP contribution in [0.5, 0.6) is 5.88 Å². The normalized spacial score (nSPS) is 25.1. The van der Waals surface area contributed by atoms with E-state index in [9.17, 15) is 0 Å². The van der Waals surface area contributed by atoms with E-state index in [1.165, 1.54) is 32.1 Å². The molecule has 0 bridgehead atoms. The molecule has 2 rings (SSSR count). The smallest absolute Gasteiger partial charge is 0.213 e. The SMILES string of the molecule is COc1ccc(NC2CCCC(C)CC2)cn1. The van der Waals surface area contributed by atoms with Crippen molar-refractivity contribution in [3.05, 3.63) is 18.3 Å². The maximum Gasteiger partial charge on any atom is 0.213 e. The molecule has 2 unspecified atom stereocenters. The maximum atomic E-state index is 5.05. The number of hydrogen-bond donors (Lipinski definition) is 1. The zero-order valence-corrected chi connectivity index (χ0v) is 10.8. The molecule has 0 radical (unpaired) electrons. The second-order valence-corrected chi connectivity index (χ2v) is 5.04. The highest BCUT2D eigenvalue weighted by atomic mass is 16.5. The molecule has 3 nitrogen and oxygen atoms in total. The Morgan fingerprint density at radius 1 is 1.24 bits per heavy atom. The lowest BCUT2D eigenvalue weighted by atomic mass is 10.0. The summed E-state index contributed by atoms with van der Waals surface area (Å²) >= 11 is 0. The van der Waals surface area contributed by atoms with Crippen LogP contribution < -0.4 is 10.1 Å². The summed E-state index contributed by atoms with van der Waals surface area (Å²) in [6.07, 6.45) is 8.44. The van der Waals surface area contributed by atoms with E-state index < -0.39 is 0 Å². The molecule has 1 aromatic rings. The zero-order valence-electron chi connectivity index (χ0n) is 10.8. The van der Waals surface area contributed by atoms with Crippen molar-refractivity contribution < 1.29 is 4.74 Å². The molecule has 1 heterocycles. The first-order valence-corrected chi connectivity index (χ1v) is 6.54. The molecular weight excluding hydrogens is 212 g/mol. The molecule has 1 aliphatic carbocycles. The van der Waals surface area contributed by atoms with E-state index in [0.29, 0.717) is 11.9 Å². The number of pyridine rings is 1. The molecule has 0 aromatic carbocycles. The van der Waals surface area contributed by atoms with Crippen LogP contribution in [0, 0.1) is 5.92 Å². The Kier molecular flexibility index (Phi) is 4.24. The van der Waals surface area contributed by atoms with Gasteiger partial charge in [0.1, 0.15) is 0 Å². The molecular formula is C14H22N2O. The zero-order chi connectivity index (χ0) is 12.1. The van der Waals surface area contributed by atoms with Gasteiger partial charge < -0.3 is 10.1 Å². The van der Waals surface area contributed by atoms with Crippen LogP contribution in [0.4, 0.5) is 5.69 Å². The lowest BCUT2D eigenvalue weighted by Gasteiger charge is -2.17. The summed E-state index contributed by atoms with van der Waals surface area (Å²) in [5.41, 5.74) is 1.10. The van der Waals surface area contributed by atoms with E-state index in [2.05, 4.69) is 17.2 Å². The average molecular weight is 234 g/mol. The standard InChI is InChI=1S/C14H22N2O/c1-11-4-3-5-12(7-6-11)16-13-8-9-14(17-2)15-10-13/h8-12,16H,3-7H2,1-2H3. The van der Waals surface area contributed by atoms with Crippen LogP contribution in [-0.2, 0) is 0 Å². The molecule has 1 N–H and O–H groups in total. The number of anilines is 1. The maximum absolute atomic E-state index is 5.05. The van der Waals surface area contributed by atoms with Crippen LogP contribution in [-0.4, -0.2) is 18.1 Å². The minimum atomic E-state index is 0.607. The Balaban J connectivity index is 1.90. The third-order valence-electron chi connectivity index (χ3n) is 3.57. The summed E-state index contributed by atoms with van der Waals surface area (Å²) < 4.78 is 5.05. The molecule has 1 fully saturated rings. The number of rotatable bonds is 3. The predicted molar refractivity (Wildman–Crippen MR) is 70.4 cm³/mol. The van der Waals surface area contributed by atoms with Gasteiger partial charge in [-0.3, -0.25) is 0 Å². The summed E-state index contributed by atoms with van der Waals surface area (Å²) in [5, 5.41) is 3.57. The fourth-order valence-corrected chi connectivity index (χ4v) is 2.45. The van der Waals surface area contributed by atoms with Gasteiger partial charge >= 0.3 is 0 Å². The second kappa shape index (κ2) is 5.89. The topological polar surface area (TPSA) is 34.1 Å². The van der Waals surface area contributed by atoms with E-state index in [1.807, 2.05) is 18.3 Å². The summed E-state index contributed by atoms with van der Waals surface area (Å²) in [6, 6.07) is 4.55. The number of ether oxygens (including phenoxy) is 1. The Morgan fingerprint density at radius 3 is 2.82 bits per heavy atom. The largest absolute Gasteiger partial charge is 0.481 e. The number of nitrogens with one attached hydrogen (secondary N) is 1. The van der Waals surface area contributed by atoms with E-state index in [1.54, 1.807) is 7.11 Å². The van der Waals surface area contributed by atoms with Crippen LogP contribution in [0.3, 0.4) is 0 Å². The van der Waals surface area contributed by atoms with Crippen molar-refractivity contribution in [2.45, 2.75) is 45.1 Å². The van der Waals surface area contributed by atoms with Gasteiger partial charge in [-0.05, 0) is 31.2 Å². The average Bonchev–Trinajstić information content (AvgIpc) is 2.56. The van der Waals surface area contributed by atoms with Crippen LogP contribution in [0.2, 0.25) is 0 Å². The summed E-state index contributed by atoms with van der Waals surface area (Å²) in [6.45, 7) is 2.36. The third-order valence-corrected chi connectivity index (χ3v) is 3.57. The van der Waals surface area contributed by atoms with Gasteiger partial charge in [-0.15, -0.1) is 0 Å². The number of hydrogen-bond acceptors (Lipinski definition) is 3. The van der Waals surface area contributed by atoms with Crippen LogP contribution in [0.25, 0.3) is 0 Å². The molecule has 0 aliphatic heterocycles. The molecule has 1 aromatic heterocycles. The number of nitrogens with zero attached hydrogens (tertiary/aromatic N) is 1. The van der Waals surface area contributed by atoms with Gasteiger partial charge in [0.2, 0.25) is 5.88 Å². The molecule has 1 saturated carbocycles. The van der Waals surface area contributed by atoms with Crippen molar-refractivity contribution in [2.24, 2.45) is 5.92 Å². The summed E-state index contributed by atoms with van der Waals surface area (Å²) in [5.74, 6) is 1.56. The van der Waals surface area contributed by atoms with Gasteiger partial charge in [0.15, 0.2) is 0 Å². The highest BCUT2D eigenvalue weighted by Crippen LogP contribution is 2.25. The van der Waals surface area contributed by atoms with Gasteiger partial charge in [0, 0.05) is 12.1 Å². The first-order valence-electron chi connectivity index (χ1n) is 6.54. The first-order chi connectivity index (χ1) is 8.28. The number of aromatic nitrogens is 1. The van der Waals surface area contributed by atoms with Crippen LogP contribution in [0.15, 0.2) is 18.3 Å². The van der Waals surface area contributed by atoms with Gasteiger partial charge in [-0.25, -0.2) is 4.98 Å². The minimum Gasteiger partial charge on any atom is -0.481 e. The van der Waals surface area contributed by atoms with E-state index in [-0.39, 0.29) is 0 Å². The Bertz CT molecular complexity index is 337. The summed E-state index contributed by atoms with van der Waals surface area (Å²) in [4.78, 5) is 4.22. The molecule has 0 spiro atoms. The minimum absolute atomic E-state index is 0.607. The Morgan fingerprint density at radius 2 is 2.12 bits per heavy atom. The molecule has 94 valence electrons. The molecule has 0 amide bonds. The van der Waals surface area contributed by atoms with E-state index >= 15 is 0 Å². The van der Waals surface area contributed by atoms with Crippen molar-refractivity contribution >= 4 is 5.69 Å². The van der Waals surface area contributed by atoms with E-state index in [4.69, 9.17) is 4.74 Å². The van der Waals surface area contributed by atoms with Crippen LogP contribution >= 0.6 is 0 Å². The van der Waals surface area contributed by atoms with E-state index in [0.717, 1.165) is 11.6 Å². The second-order valence-electron chi connectivity index (χ2n) is 5.04. The van der Waals surface area contributed by atoms with Crippen molar-refractivity contribution in [3.8, 4) is 5.88 Å².